The third-order valence-corrected chi connectivity index (χ3v) is 26.1. The lowest BCUT2D eigenvalue weighted by molar-refractivity contribution is 0.0696. The first-order valence-electron chi connectivity index (χ1n) is 26.3. The molecule has 0 saturated heterocycles. The molecule has 2 nitrogen and oxygen atoms in total. The van der Waals surface area contributed by atoms with Crippen LogP contribution in [0.5, 0.6) is 0 Å². The van der Waals surface area contributed by atoms with E-state index in [1.165, 1.54) is 11.1 Å². The normalized spacial score (nSPS) is 22.2. The van der Waals surface area contributed by atoms with Gasteiger partial charge in [0, 0.05) is 10.8 Å². The van der Waals surface area contributed by atoms with Crippen molar-refractivity contribution in [3.05, 3.63) is 57.1 Å². The summed E-state index contributed by atoms with van der Waals surface area (Å²) in [5.74, 6) is -0.814. The largest absolute Gasteiger partial charge is 0.478 e. The number of rotatable bonds is 1. The first kappa shape index (κ1) is 26.2. The lowest BCUT2D eigenvalue weighted by Crippen LogP contribution is -2.56. The summed E-state index contributed by atoms with van der Waals surface area (Å²) in [5, 5.41) is 98.3. The Morgan fingerprint density at radius 2 is 0.423 bits per heavy atom. The van der Waals surface area contributed by atoms with E-state index in [2.05, 4.69) is 12.1 Å². The van der Waals surface area contributed by atoms with Crippen molar-refractivity contribution < 1.29 is 9.90 Å². The Kier molecular flexibility index (Phi) is 2.17. The number of carbonyl (C=O) groups is 1. The fraction of sp³-hybridized carbons (Fsp3) is 0.0580. The van der Waals surface area contributed by atoms with E-state index in [0.29, 0.717) is 5.56 Å². The van der Waals surface area contributed by atoms with Crippen LogP contribution < -0.4 is 0 Å². The molecule has 296 valence electrons. The summed E-state index contributed by atoms with van der Waals surface area (Å²) in [7, 11) is 0. The quantitative estimate of drug-likeness (QED) is 0.167. The molecule has 29 aromatic rings. The first-order chi connectivity index (χ1) is 35.2. The number of carboxylic acid groups (broad SMARTS) is 1. The van der Waals surface area contributed by atoms with E-state index in [9.17, 15) is 9.90 Å². The number of benzene rings is 19. The Morgan fingerprint density at radius 1 is 0.254 bits per heavy atom. The molecule has 5 aliphatic carbocycles. The van der Waals surface area contributed by atoms with Gasteiger partial charge < -0.3 is 5.11 Å². The lowest BCUT2D eigenvalue weighted by atomic mass is 9.43. The zero-order valence-corrected chi connectivity index (χ0v) is 36.0. The Hall–Kier alpha value is -8.85. The highest BCUT2D eigenvalue weighted by atomic mass is 16.4. The van der Waals surface area contributed by atoms with Gasteiger partial charge in [0.15, 0.2) is 0 Å². The molecular weight excluding hydrogens is 861 g/mol. The van der Waals surface area contributed by atoms with E-state index < -0.39 is 5.97 Å². The summed E-state index contributed by atoms with van der Waals surface area (Å²) in [6.45, 7) is 0. The summed E-state index contributed by atoms with van der Waals surface area (Å²) in [6.07, 6.45) is 1.76. The van der Waals surface area contributed by atoms with Crippen LogP contribution >= 0.6 is 0 Å². The van der Waals surface area contributed by atoms with Crippen molar-refractivity contribution >= 4 is 297 Å². The molecule has 0 saturated carbocycles. The van der Waals surface area contributed by atoms with Crippen LogP contribution in [0.3, 0.4) is 0 Å². The van der Waals surface area contributed by atoms with Crippen LogP contribution in [-0.2, 0) is 23.7 Å². The molecule has 2 spiro atoms. The molecule has 0 aromatic heterocycles. The van der Waals surface area contributed by atoms with Gasteiger partial charge in [0.1, 0.15) is 0 Å². The number of fused-ring (bicyclic) bond motifs is 1. The van der Waals surface area contributed by atoms with Crippen molar-refractivity contribution in [1.29, 1.82) is 0 Å². The minimum Gasteiger partial charge on any atom is -0.478 e. The number of carboxylic acids is 1. The van der Waals surface area contributed by atoms with Gasteiger partial charge in [-0.05, 0) is 349 Å². The summed E-state index contributed by atoms with van der Waals surface area (Å²) in [6, 6.07) is 6.36. The fourth-order valence-electron chi connectivity index (χ4n) is 25.9. The number of hydrogen-bond donors (Lipinski definition) is 1. The smallest absolute Gasteiger partial charge is 0.335 e. The molecule has 0 unspecified atom stereocenters. The Labute approximate surface area is 385 Å². The molecule has 0 heterocycles. The predicted molar refractivity (Wildman–Crippen MR) is 295 cm³/mol. The molecule has 29 aromatic carbocycles. The van der Waals surface area contributed by atoms with Crippen molar-refractivity contribution in [3.8, 4) is 0 Å². The average Bonchev–Trinajstić information content (AvgIpc) is 4.41. The molecule has 2 heteroatoms. The Balaban J connectivity index is 1.16. The van der Waals surface area contributed by atoms with Crippen molar-refractivity contribution in [2.75, 3.05) is 0 Å². The molecule has 0 amide bonds. The number of aromatic carboxylic acids is 1. The topological polar surface area (TPSA) is 37.3 Å². The molecule has 34 rings (SSSR count). The van der Waals surface area contributed by atoms with Crippen molar-refractivity contribution in [2.24, 2.45) is 0 Å². The lowest BCUT2D eigenvalue weighted by Gasteiger charge is -2.57. The van der Waals surface area contributed by atoms with Crippen molar-refractivity contribution in [3.63, 3.8) is 0 Å². The Bertz CT molecular complexity index is 7330. The minimum atomic E-state index is -0.814. The summed E-state index contributed by atoms with van der Waals surface area (Å²) < 4.78 is 0. The van der Waals surface area contributed by atoms with Gasteiger partial charge in [-0.25, -0.2) is 4.79 Å². The van der Waals surface area contributed by atoms with Gasteiger partial charge in [-0.15, -0.1) is 0 Å². The van der Waals surface area contributed by atoms with Crippen LogP contribution in [0, 0.1) is 0 Å². The predicted octanol–water partition coefficient (Wildman–Crippen LogP) is 17.8. The van der Waals surface area contributed by atoms with Crippen molar-refractivity contribution in [2.45, 2.75) is 23.7 Å². The van der Waals surface area contributed by atoms with E-state index in [1.54, 1.807) is 313 Å². The molecule has 0 radical (unpaired) electrons. The summed E-state index contributed by atoms with van der Waals surface area (Å²) >= 11 is 0. The highest BCUT2D eigenvalue weighted by molar-refractivity contribution is 6.82. The van der Waals surface area contributed by atoms with Crippen LogP contribution in [0.1, 0.15) is 43.7 Å². The maximum absolute atomic E-state index is 13.1. The fourth-order valence-corrected chi connectivity index (χ4v) is 25.9. The zero-order chi connectivity index (χ0) is 42.3. The molecular formula is C69H8O2. The van der Waals surface area contributed by atoms with Crippen LogP contribution in [0.25, 0.3) is 291 Å². The second kappa shape index (κ2) is 5.87. The van der Waals surface area contributed by atoms with Gasteiger partial charge in [0.2, 0.25) is 0 Å². The molecule has 71 heavy (non-hydrogen) atoms. The Morgan fingerprint density at radius 3 is 0.606 bits per heavy atom. The third kappa shape index (κ3) is 1.40. The SMILES string of the molecule is O=C(O)c1ccc2c(c1)CC13c4c5c6c7c8c9c(c%10c%11c1c1c4c4c%12c5c5c6c6c8c8c%13c9c9c%10c%10c%11c%11c1c1c4c4c%12c%12c5c5c6c8c6c8c%13c9c9c%10c%10c%11c1c1c4c4c%12c5c6c5c8c9c%10c1c45)C73C2. The maximum atomic E-state index is 13.1. The van der Waals surface area contributed by atoms with Gasteiger partial charge in [-0.2, -0.15) is 0 Å². The van der Waals surface area contributed by atoms with Crippen LogP contribution in [0.4, 0.5) is 0 Å². The van der Waals surface area contributed by atoms with Gasteiger partial charge >= 0.3 is 5.97 Å². The van der Waals surface area contributed by atoms with Crippen LogP contribution in [0.2, 0.25) is 0 Å². The molecule has 0 atom stereocenters. The monoisotopic (exact) mass is 868 g/mol. The zero-order valence-electron chi connectivity index (χ0n) is 36.0. The highest BCUT2D eigenvalue weighted by Gasteiger charge is 2.70. The van der Waals surface area contributed by atoms with Crippen LogP contribution in [0.15, 0.2) is 18.2 Å². The first-order valence-corrected chi connectivity index (χ1v) is 26.3. The number of hydrogen-bond acceptors (Lipinski definition) is 1. The van der Waals surface area contributed by atoms with Gasteiger partial charge in [0.05, 0.1) is 5.56 Å². The molecule has 0 aliphatic heterocycles. The molecule has 1 N–H and O–H groups in total. The summed E-state index contributed by atoms with van der Waals surface area (Å²) in [5.41, 5.74) is 9.08. The van der Waals surface area contributed by atoms with Crippen LogP contribution in [-0.4, -0.2) is 11.1 Å². The van der Waals surface area contributed by atoms with Gasteiger partial charge in [-0.1, -0.05) is 6.07 Å². The molecule has 5 aliphatic rings. The van der Waals surface area contributed by atoms with E-state index in [1.807, 2.05) is 6.07 Å². The van der Waals surface area contributed by atoms with E-state index in [-0.39, 0.29) is 10.8 Å². The molecule has 0 bridgehead atoms. The molecule has 0 fully saturated rings. The minimum absolute atomic E-state index is 0.337. The highest BCUT2D eigenvalue weighted by Crippen LogP contribution is 2.85. The van der Waals surface area contributed by atoms with Crippen molar-refractivity contribution in [1.82, 2.24) is 0 Å². The second-order valence-corrected chi connectivity index (χ2v) is 26.2. The van der Waals surface area contributed by atoms with E-state index in [4.69, 9.17) is 0 Å². The maximum Gasteiger partial charge on any atom is 0.335 e. The van der Waals surface area contributed by atoms with Gasteiger partial charge in [0.25, 0.3) is 0 Å². The van der Waals surface area contributed by atoms with E-state index in [0.717, 1.165) is 12.8 Å². The second-order valence-electron chi connectivity index (χ2n) is 26.2. The standard InChI is InChI=1S/C69H8O2/c70-67(71)6-1-2-7-4-68-63-55-47-37-27-19-11-9-10-13-17-15(11)23-31-25(17)35-29-21(13)22-14(10)18-16-12(9)20(19)28-34-24(16)32-26(18)36-30(22)40-39(29)49-43(35)53-45(31)51(41(47)33(23)27)59(63)61(53)65-57(49)58-50(40)44(36)54-46(32)52-42(34)48(38(28)37)56(55)64(68)60(52)62(54)66(58)69(65,68)5-8(7)3-6/h1-3H,4-5H2,(H,70,71). The third-order valence-electron chi connectivity index (χ3n) is 26.1. The van der Waals surface area contributed by atoms with E-state index >= 15 is 0 Å². The van der Waals surface area contributed by atoms with Gasteiger partial charge in [-0.3, -0.25) is 0 Å². The average molecular weight is 869 g/mol. The summed E-state index contributed by atoms with van der Waals surface area (Å²) in [4.78, 5) is 13.1.